The van der Waals surface area contributed by atoms with Crippen LogP contribution >= 0.6 is 0 Å². The van der Waals surface area contributed by atoms with Crippen molar-refractivity contribution in [3.05, 3.63) is 59.2 Å². The second-order valence-electron chi connectivity index (χ2n) is 11.4. The summed E-state index contributed by atoms with van der Waals surface area (Å²) >= 11 is 0. The number of hydrogen-bond acceptors (Lipinski definition) is 6. The van der Waals surface area contributed by atoms with Crippen LogP contribution in [0, 0.1) is 17.8 Å². The predicted octanol–water partition coefficient (Wildman–Crippen LogP) is 2.86. The van der Waals surface area contributed by atoms with Gasteiger partial charge >= 0.3 is 0 Å². The largest absolute Gasteiger partial charge is 0.493 e. The smallest absolute Gasteiger partial charge is 0.254 e. The van der Waals surface area contributed by atoms with Crippen molar-refractivity contribution in [3.63, 3.8) is 0 Å². The van der Waals surface area contributed by atoms with Crippen molar-refractivity contribution >= 4 is 21.8 Å². The number of hydrogen-bond donors (Lipinski definition) is 1. The Hall–Kier alpha value is -2.95. The first kappa shape index (κ1) is 26.3. The van der Waals surface area contributed by atoms with Crippen molar-refractivity contribution in [1.29, 1.82) is 0 Å². The van der Waals surface area contributed by atoms with Crippen LogP contribution in [-0.4, -0.2) is 76.0 Å². The van der Waals surface area contributed by atoms with E-state index in [1.54, 1.807) is 4.90 Å². The summed E-state index contributed by atoms with van der Waals surface area (Å²) in [6.07, 6.45) is 4.31. The third kappa shape index (κ3) is 5.83. The fraction of sp³-hybridized carbons (Fsp3) is 0.517. The number of primary sulfonamides is 1. The molecule has 2 amide bonds. The van der Waals surface area contributed by atoms with Gasteiger partial charge in [-0.1, -0.05) is 0 Å². The molecule has 0 aromatic heterocycles. The van der Waals surface area contributed by atoms with Crippen LogP contribution in [0.2, 0.25) is 0 Å². The molecule has 0 bridgehead atoms. The SMILES string of the molecule is NS(=O)(=O)c1ccc(C(=O)N2CC3CN(C(=O)c4cc(OCC5CCOCC5)cc(C5CC5)c4)CC3C2)cc1. The second-order valence-corrected chi connectivity index (χ2v) is 13.0. The minimum Gasteiger partial charge on any atom is -0.493 e. The Morgan fingerprint density at radius 1 is 0.846 bits per heavy atom. The van der Waals surface area contributed by atoms with Crippen molar-refractivity contribution in [3.8, 4) is 5.75 Å². The number of benzene rings is 2. The van der Waals surface area contributed by atoms with Gasteiger partial charge in [-0.05, 0) is 85.5 Å². The van der Waals surface area contributed by atoms with Crippen LogP contribution in [-0.2, 0) is 14.8 Å². The Morgan fingerprint density at radius 3 is 2.00 bits per heavy atom. The van der Waals surface area contributed by atoms with E-state index in [1.165, 1.54) is 29.8 Å². The normalized spacial score (nSPS) is 23.6. The predicted molar refractivity (Wildman–Crippen MR) is 144 cm³/mol. The Kier molecular flexibility index (Phi) is 7.11. The number of sulfonamides is 1. The van der Waals surface area contributed by atoms with Gasteiger partial charge in [0.15, 0.2) is 0 Å². The zero-order valence-electron chi connectivity index (χ0n) is 22.0. The van der Waals surface area contributed by atoms with Crippen molar-refractivity contribution in [2.24, 2.45) is 22.9 Å². The standard InChI is InChI=1S/C29H35N3O6S/c30-39(35,36)27-5-3-21(4-6-27)28(33)31-14-24-16-32(17-25(24)15-31)29(34)23-11-22(20-1-2-20)12-26(13-23)38-18-19-7-9-37-10-8-19/h3-6,11-13,19-20,24-25H,1-2,7-10,14-18H2,(H2,30,35,36). The number of likely N-dealkylation sites (tertiary alicyclic amines) is 2. The molecular weight excluding hydrogens is 518 g/mol. The van der Waals surface area contributed by atoms with Crippen LogP contribution in [0.3, 0.4) is 0 Å². The van der Waals surface area contributed by atoms with Gasteiger partial charge in [0.25, 0.3) is 11.8 Å². The van der Waals surface area contributed by atoms with Gasteiger partial charge in [0, 0.05) is 62.4 Å². The molecule has 4 fully saturated rings. The minimum atomic E-state index is -3.80. The summed E-state index contributed by atoms with van der Waals surface area (Å²) in [5.74, 6) is 2.11. The summed E-state index contributed by atoms with van der Waals surface area (Å²) in [5.41, 5.74) is 2.30. The third-order valence-corrected chi connectivity index (χ3v) is 9.47. The van der Waals surface area contributed by atoms with E-state index in [2.05, 4.69) is 6.07 Å². The molecule has 1 saturated carbocycles. The summed E-state index contributed by atoms with van der Waals surface area (Å²) in [5, 5.41) is 5.16. The molecule has 3 heterocycles. The highest BCUT2D eigenvalue weighted by molar-refractivity contribution is 7.89. The molecule has 208 valence electrons. The number of rotatable bonds is 7. The average Bonchev–Trinajstić information content (AvgIpc) is 3.61. The molecule has 39 heavy (non-hydrogen) atoms. The van der Waals surface area contributed by atoms with E-state index in [-0.39, 0.29) is 28.5 Å². The quantitative estimate of drug-likeness (QED) is 0.563. The van der Waals surface area contributed by atoms with Gasteiger partial charge in [0.2, 0.25) is 10.0 Å². The van der Waals surface area contributed by atoms with E-state index in [0.29, 0.717) is 55.7 Å². The van der Waals surface area contributed by atoms with E-state index >= 15 is 0 Å². The second kappa shape index (κ2) is 10.6. The maximum atomic E-state index is 13.6. The van der Waals surface area contributed by atoms with E-state index < -0.39 is 10.0 Å². The monoisotopic (exact) mass is 553 g/mol. The van der Waals surface area contributed by atoms with Crippen LogP contribution in [0.25, 0.3) is 0 Å². The van der Waals surface area contributed by atoms with Gasteiger partial charge in [0.1, 0.15) is 5.75 Å². The highest BCUT2D eigenvalue weighted by atomic mass is 32.2. The molecule has 2 aromatic carbocycles. The summed E-state index contributed by atoms with van der Waals surface area (Å²) in [7, 11) is -3.80. The molecule has 0 spiro atoms. The number of carbonyl (C=O) groups is 2. The van der Waals surface area contributed by atoms with Crippen molar-refractivity contribution in [2.75, 3.05) is 46.0 Å². The molecule has 2 atom stereocenters. The number of nitrogens with zero attached hydrogens (tertiary/aromatic N) is 2. The van der Waals surface area contributed by atoms with E-state index in [0.717, 1.165) is 44.6 Å². The molecule has 6 rings (SSSR count). The van der Waals surface area contributed by atoms with Gasteiger partial charge in [0.05, 0.1) is 11.5 Å². The van der Waals surface area contributed by atoms with Crippen molar-refractivity contribution < 1.29 is 27.5 Å². The van der Waals surface area contributed by atoms with Crippen molar-refractivity contribution in [1.82, 2.24) is 9.80 Å². The average molecular weight is 554 g/mol. The maximum Gasteiger partial charge on any atom is 0.254 e. The first-order chi connectivity index (χ1) is 18.7. The Labute approximate surface area is 229 Å². The number of nitrogens with two attached hydrogens (primary N) is 1. The highest BCUT2D eigenvalue weighted by Gasteiger charge is 2.43. The molecule has 2 N–H and O–H groups in total. The maximum absolute atomic E-state index is 13.6. The molecule has 2 unspecified atom stereocenters. The first-order valence-electron chi connectivity index (χ1n) is 13.8. The summed E-state index contributed by atoms with van der Waals surface area (Å²) in [6, 6.07) is 11.8. The minimum absolute atomic E-state index is 0.0191. The zero-order valence-corrected chi connectivity index (χ0v) is 22.8. The fourth-order valence-electron chi connectivity index (χ4n) is 6.09. The molecule has 0 radical (unpaired) electrons. The Balaban J connectivity index is 1.09. The molecule has 2 aromatic rings. The Bertz CT molecular complexity index is 1340. The molecule has 3 saturated heterocycles. The third-order valence-electron chi connectivity index (χ3n) is 8.54. The molecule has 1 aliphatic carbocycles. The van der Waals surface area contributed by atoms with Crippen LogP contribution in [0.15, 0.2) is 47.4 Å². The van der Waals surface area contributed by atoms with Crippen LogP contribution in [0.5, 0.6) is 5.75 Å². The fourth-order valence-corrected chi connectivity index (χ4v) is 6.60. The molecule has 9 nitrogen and oxygen atoms in total. The molecule has 4 aliphatic rings. The van der Waals surface area contributed by atoms with E-state index in [4.69, 9.17) is 14.6 Å². The topological polar surface area (TPSA) is 119 Å². The number of amides is 2. The molecule has 10 heteroatoms. The number of ether oxygens (including phenoxy) is 2. The lowest BCUT2D eigenvalue weighted by atomic mass is 10.0. The lowest BCUT2D eigenvalue weighted by Crippen LogP contribution is -2.35. The van der Waals surface area contributed by atoms with Gasteiger partial charge in [-0.25, -0.2) is 13.6 Å². The van der Waals surface area contributed by atoms with Crippen molar-refractivity contribution in [2.45, 2.75) is 36.5 Å². The summed E-state index contributed by atoms with van der Waals surface area (Å²) in [4.78, 5) is 30.3. The van der Waals surface area contributed by atoms with E-state index in [1.807, 2.05) is 17.0 Å². The lowest BCUT2D eigenvalue weighted by molar-refractivity contribution is 0.0497. The van der Waals surface area contributed by atoms with Crippen LogP contribution < -0.4 is 9.88 Å². The van der Waals surface area contributed by atoms with Gasteiger partial charge in [-0.2, -0.15) is 0 Å². The van der Waals surface area contributed by atoms with Gasteiger partial charge in [-0.3, -0.25) is 9.59 Å². The Morgan fingerprint density at radius 2 is 1.44 bits per heavy atom. The van der Waals surface area contributed by atoms with Crippen LogP contribution in [0.1, 0.15) is 57.9 Å². The number of carbonyl (C=O) groups excluding carboxylic acids is 2. The number of fused-ring (bicyclic) bond motifs is 1. The van der Waals surface area contributed by atoms with Crippen LogP contribution in [0.4, 0.5) is 0 Å². The van der Waals surface area contributed by atoms with E-state index in [9.17, 15) is 18.0 Å². The molecule has 3 aliphatic heterocycles. The molecular formula is C29H35N3O6S. The summed E-state index contributed by atoms with van der Waals surface area (Å²) in [6.45, 7) is 4.59. The zero-order chi connectivity index (χ0) is 27.1. The van der Waals surface area contributed by atoms with Gasteiger partial charge in [-0.15, -0.1) is 0 Å². The lowest BCUT2D eigenvalue weighted by Gasteiger charge is -2.23. The first-order valence-corrected chi connectivity index (χ1v) is 15.4. The highest BCUT2D eigenvalue weighted by Crippen LogP contribution is 2.42. The summed E-state index contributed by atoms with van der Waals surface area (Å²) < 4.78 is 34.6. The van der Waals surface area contributed by atoms with Gasteiger partial charge < -0.3 is 19.3 Å².